The van der Waals surface area contributed by atoms with Crippen molar-refractivity contribution in [1.82, 2.24) is 4.90 Å². The van der Waals surface area contributed by atoms with Crippen LogP contribution in [0.4, 0.5) is 0 Å². The highest BCUT2D eigenvalue weighted by molar-refractivity contribution is 5.82. The minimum atomic E-state index is -0.126. The Bertz CT molecular complexity index is 910. The first kappa shape index (κ1) is 17.7. The maximum absolute atomic E-state index is 12.6. The van der Waals surface area contributed by atoms with E-state index in [2.05, 4.69) is 18.0 Å². The Morgan fingerprint density at radius 1 is 1.14 bits per heavy atom. The Morgan fingerprint density at radius 3 is 2.75 bits per heavy atom. The summed E-state index contributed by atoms with van der Waals surface area (Å²) in [6, 6.07) is 14.6. The number of Topliss-reactive ketones (excluding diaryl/α,β-unsaturated/α-hetero) is 1. The molecule has 3 aliphatic rings. The third-order valence-corrected chi connectivity index (χ3v) is 7.22. The van der Waals surface area contributed by atoms with Gasteiger partial charge in [0.25, 0.3) is 0 Å². The van der Waals surface area contributed by atoms with Crippen LogP contribution in [0.2, 0.25) is 0 Å². The van der Waals surface area contributed by atoms with Crippen molar-refractivity contribution in [3.8, 4) is 17.2 Å². The van der Waals surface area contributed by atoms with Gasteiger partial charge in [-0.2, -0.15) is 0 Å². The van der Waals surface area contributed by atoms with Gasteiger partial charge in [0.2, 0.25) is 0 Å². The lowest BCUT2D eigenvalue weighted by atomic mass is 9.52. The van der Waals surface area contributed by atoms with E-state index < -0.39 is 0 Å². The summed E-state index contributed by atoms with van der Waals surface area (Å²) in [5.74, 6) is 3.27. The third kappa shape index (κ3) is 2.58. The van der Waals surface area contributed by atoms with Crippen LogP contribution in [-0.2, 0) is 16.6 Å². The second kappa shape index (κ2) is 6.63. The van der Waals surface area contributed by atoms with Crippen LogP contribution in [0.15, 0.2) is 42.5 Å². The number of methoxy groups -OCH3 is 1. The van der Waals surface area contributed by atoms with Crippen LogP contribution < -0.4 is 9.47 Å². The minimum absolute atomic E-state index is 0.126. The van der Waals surface area contributed by atoms with E-state index in [-0.39, 0.29) is 5.41 Å². The molecule has 2 aliphatic carbocycles. The van der Waals surface area contributed by atoms with Gasteiger partial charge in [0.05, 0.1) is 7.11 Å². The summed E-state index contributed by atoms with van der Waals surface area (Å²) in [5, 5.41) is 0. The predicted molar refractivity (Wildman–Crippen MR) is 108 cm³/mol. The number of carbonyl (C=O) groups excluding carboxylic acids is 1. The summed E-state index contributed by atoms with van der Waals surface area (Å²) in [6.45, 7) is 1.02. The predicted octanol–water partition coefficient (Wildman–Crippen LogP) is 4.35. The smallest absolute Gasteiger partial charge is 0.173 e. The number of piperidine rings is 1. The lowest BCUT2D eigenvalue weighted by molar-refractivity contribution is -0.126. The molecule has 0 N–H and O–H groups in total. The van der Waals surface area contributed by atoms with E-state index in [1.807, 2.05) is 36.4 Å². The van der Waals surface area contributed by atoms with Crippen LogP contribution >= 0.6 is 0 Å². The quantitative estimate of drug-likeness (QED) is 0.797. The van der Waals surface area contributed by atoms with Crippen LogP contribution in [-0.4, -0.2) is 37.4 Å². The Kier molecular flexibility index (Phi) is 4.20. The van der Waals surface area contributed by atoms with Gasteiger partial charge >= 0.3 is 0 Å². The van der Waals surface area contributed by atoms with Crippen molar-refractivity contribution in [2.75, 3.05) is 20.7 Å². The molecule has 2 fully saturated rings. The van der Waals surface area contributed by atoms with Crippen LogP contribution in [0, 0.1) is 5.92 Å². The van der Waals surface area contributed by atoms with Gasteiger partial charge in [0.1, 0.15) is 11.5 Å². The first-order valence-electron chi connectivity index (χ1n) is 10.3. The second-order valence-electron chi connectivity index (χ2n) is 8.57. The number of nitrogens with zero attached hydrogens (tertiary/aromatic N) is 1. The molecule has 2 bridgehead atoms. The van der Waals surface area contributed by atoms with Gasteiger partial charge in [-0.25, -0.2) is 0 Å². The fourth-order valence-electron chi connectivity index (χ4n) is 5.96. The van der Waals surface area contributed by atoms with E-state index in [4.69, 9.17) is 9.47 Å². The minimum Gasteiger partial charge on any atom is -0.493 e. The summed E-state index contributed by atoms with van der Waals surface area (Å²) in [7, 11) is 3.93. The van der Waals surface area contributed by atoms with Gasteiger partial charge in [-0.1, -0.05) is 24.3 Å². The number of rotatable bonds is 3. The highest BCUT2D eigenvalue weighted by Gasteiger charge is 2.56. The zero-order valence-corrected chi connectivity index (χ0v) is 16.6. The van der Waals surface area contributed by atoms with E-state index in [1.54, 1.807) is 7.11 Å². The maximum atomic E-state index is 12.6. The molecule has 5 rings (SSSR count). The lowest BCUT2D eigenvalue weighted by Gasteiger charge is -2.58. The van der Waals surface area contributed by atoms with E-state index >= 15 is 0 Å². The molecule has 146 valence electrons. The largest absolute Gasteiger partial charge is 0.493 e. The number of fused-ring (bicyclic) bond motifs is 1. The molecular formula is C24H27NO3. The lowest BCUT2D eigenvalue weighted by Crippen LogP contribution is -2.61. The molecule has 1 saturated carbocycles. The van der Waals surface area contributed by atoms with E-state index in [1.165, 1.54) is 11.1 Å². The van der Waals surface area contributed by atoms with Crippen molar-refractivity contribution in [2.45, 2.75) is 43.6 Å². The Balaban J connectivity index is 1.72. The molecular weight excluding hydrogens is 350 g/mol. The van der Waals surface area contributed by atoms with Crippen molar-refractivity contribution in [3.63, 3.8) is 0 Å². The van der Waals surface area contributed by atoms with Crippen LogP contribution in [0.5, 0.6) is 17.2 Å². The van der Waals surface area contributed by atoms with Crippen LogP contribution in [0.3, 0.4) is 0 Å². The first-order chi connectivity index (χ1) is 13.6. The highest BCUT2D eigenvalue weighted by Crippen LogP contribution is 2.59. The SMILES string of the molecule is COc1ccc2c(c1Oc1ccccc1)[C@@]13CCN(C)[C@@H](C2)[C@@H]1CCC(=O)C3. The zero-order chi connectivity index (χ0) is 19.3. The number of carbonyl (C=O) groups is 1. The fraction of sp³-hybridized carbons (Fsp3) is 0.458. The van der Waals surface area contributed by atoms with Crippen molar-refractivity contribution >= 4 is 5.78 Å². The molecule has 1 saturated heterocycles. The van der Waals surface area contributed by atoms with E-state index in [0.29, 0.717) is 30.6 Å². The highest BCUT2D eigenvalue weighted by atomic mass is 16.5. The van der Waals surface area contributed by atoms with E-state index in [9.17, 15) is 4.79 Å². The Morgan fingerprint density at radius 2 is 1.96 bits per heavy atom. The standard InChI is InChI=1S/C24H27NO3/c1-25-13-12-24-15-17(26)9-10-19(24)20(25)14-16-8-11-21(27-2)23(22(16)24)28-18-6-4-3-5-7-18/h3-8,11,19-20H,9-10,12-15H2,1-2H3/t19-,20-,24+/m0/s1. The number of hydrogen-bond donors (Lipinski definition) is 0. The number of likely N-dealkylation sites (tertiary alicyclic amines) is 1. The summed E-state index contributed by atoms with van der Waals surface area (Å²) < 4.78 is 12.2. The molecule has 0 amide bonds. The van der Waals surface area contributed by atoms with Gasteiger partial charge in [-0.05, 0) is 62.5 Å². The number of benzene rings is 2. The molecule has 2 aromatic rings. The average molecular weight is 377 g/mol. The van der Waals surface area contributed by atoms with Gasteiger partial charge in [-0.15, -0.1) is 0 Å². The number of likely N-dealkylation sites (N-methyl/N-ethyl adjacent to an activating group) is 1. The number of hydrogen-bond acceptors (Lipinski definition) is 4. The van der Waals surface area contributed by atoms with Crippen LogP contribution in [0.1, 0.15) is 36.8 Å². The van der Waals surface area contributed by atoms with Gasteiger partial charge in [0, 0.05) is 29.9 Å². The molecule has 4 nitrogen and oxygen atoms in total. The molecule has 28 heavy (non-hydrogen) atoms. The van der Waals surface area contributed by atoms with Crippen LogP contribution in [0.25, 0.3) is 0 Å². The molecule has 0 spiro atoms. The summed E-state index contributed by atoms with van der Waals surface area (Å²) in [5.41, 5.74) is 2.42. The van der Waals surface area contributed by atoms with Gasteiger partial charge in [0.15, 0.2) is 11.5 Å². The molecule has 3 atom stereocenters. The zero-order valence-electron chi connectivity index (χ0n) is 16.6. The fourth-order valence-corrected chi connectivity index (χ4v) is 5.96. The normalized spacial score (nSPS) is 29.0. The molecule has 1 heterocycles. The third-order valence-electron chi connectivity index (χ3n) is 7.22. The van der Waals surface area contributed by atoms with Crippen molar-refractivity contribution in [2.24, 2.45) is 5.92 Å². The Hall–Kier alpha value is -2.33. The van der Waals surface area contributed by atoms with E-state index in [0.717, 1.165) is 43.1 Å². The maximum Gasteiger partial charge on any atom is 0.173 e. The molecule has 0 unspecified atom stereocenters. The van der Waals surface area contributed by atoms with Gasteiger partial charge < -0.3 is 14.4 Å². The Labute approximate surface area is 166 Å². The second-order valence-corrected chi connectivity index (χ2v) is 8.57. The van der Waals surface area contributed by atoms with Crippen molar-refractivity contribution in [1.29, 1.82) is 0 Å². The molecule has 0 radical (unpaired) electrons. The summed E-state index contributed by atoms with van der Waals surface area (Å²) >= 11 is 0. The summed E-state index contributed by atoms with van der Waals surface area (Å²) in [6.07, 6.45) is 4.34. The molecule has 1 aliphatic heterocycles. The van der Waals surface area contributed by atoms with Crippen molar-refractivity contribution in [3.05, 3.63) is 53.6 Å². The molecule has 0 aromatic heterocycles. The molecule has 2 aromatic carbocycles. The van der Waals surface area contributed by atoms with Crippen molar-refractivity contribution < 1.29 is 14.3 Å². The number of ether oxygens (including phenoxy) is 2. The average Bonchev–Trinajstić information content (AvgIpc) is 2.71. The van der Waals surface area contributed by atoms with Gasteiger partial charge in [-0.3, -0.25) is 4.79 Å². The number of para-hydroxylation sites is 1. The monoisotopic (exact) mass is 377 g/mol. The summed E-state index contributed by atoms with van der Waals surface area (Å²) in [4.78, 5) is 15.1. The molecule has 4 heteroatoms. The number of ketones is 1. The topological polar surface area (TPSA) is 38.8 Å². The first-order valence-corrected chi connectivity index (χ1v) is 10.3.